The molecule has 0 saturated carbocycles. The molecule has 0 atom stereocenters. The summed E-state index contributed by atoms with van der Waals surface area (Å²) in [6, 6.07) is 16.0. The highest BCUT2D eigenvalue weighted by Gasteiger charge is 2.02. The lowest BCUT2D eigenvalue weighted by atomic mass is 10.0. The van der Waals surface area contributed by atoms with Gasteiger partial charge in [0.15, 0.2) is 5.84 Å². The van der Waals surface area contributed by atoms with Crippen LogP contribution in [0, 0.1) is 0 Å². The van der Waals surface area contributed by atoms with Crippen LogP contribution in [-0.4, -0.2) is 11.0 Å². The number of nitrogens with one attached hydrogen (secondary N) is 1. The molecule has 110 valence electrons. The SMILES string of the molecule is CC(C)c1cccc(NCc2cccc(C(N)=NO)c2)c1. The molecule has 4 nitrogen and oxygen atoms in total. The molecule has 4 N–H and O–H groups in total. The first-order valence-corrected chi connectivity index (χ1v) is 7.01. The maximum absolute atomic E-state index is 8.72. The van der Waals surface area contributed by atoms with Crippen LogP contribution in [0.2, 0.25) is 0 Å². The normalized spacial score (nSPS) is 11.7. The summed E-state index contributed by atoms with van der Waals surface area (Å²) in [6.45, 7) is 5.05. The van der Waals surface area contributed by atoms with Crippen molar-refractivity contribution in [1.29, 1.82) is 0 Å². The zero-order valence-electron chi connectivity index (χ0n) is 12.4. The van der Waals surface area contributed by atoms with Crippen LogP contribution in [0.3, 0.4) is 0 Å². The van der Waals surface area contributed by atoms with Crippen LogP contribution in [0.4, 0.5) is 5.69 Å². The Morgan fingerprint density at radius 3 is 2.67 bits per heavy atom. The standard InChI is InChI=1S/C17H21N3O/c1-12(2)14-6-4-8-16(10-14)19-11-13-5-3-7-15(9-13)17(18)20-21/h3-10,12,19,21H,11H2,1-2H3,(H2,18,20). The van der Waals surface area contributed by atoms with Crippen molar-refractivity contribution in [2.75, 3.05) is 5.32 Å². The van der Waals surface area contributed by atoms with E-state index in [9.17, 15) is 0 Å². The predicted molar refractivity (Wildman–Crippen MR) is 86.8 cm³/mol. The number of nitrogens with zero attached hydrogens (tertiary/aromatic N) is 1. The van der Waals surface area contributed by atoms with Gasteiger partial charge in [0.05, 0.1) is 0 Å². The molecule has 0 aliphatic carbocycles. The lowest BCUT2D eigenvalue weighted by Crippen LogP contribution is -2.13. The van der Waals surface area contributed by atoms with E-state index in [1.54, 1.807) is 0 Å². The van der Waals surface area contributed by atoms with Crippen molar-refractivity contribution in [3.8, 4) is 0 Å². The summed E-state index contributed by atoms with van der Waals surface area (Å²) in [6.07, 6.45) is 0. The quantitative estimate of drug-likeness (QED) is 0.340. The van der Waals surface area contributed by atoms with Crippen molar-refractivity contribution < 1.29 is 5.21 Å². The Hall–Kier alpha value is -2.49. The van der Waals surface area contributed by atoms with Crippen molar-refractivity contribution >= 4 is 11.5 Å². The number of rotatable bonds is 5. The van der Waals surface area contributed by atoms with Crippen molar-refractivity contribution in [1.82, 2.24) is 0 Å². The minimum Gasteiger partial charge on any atom is -0.409 e. The average molecular weight is 283 g/mol. The Balaban J connectivity index is 2.08. The highest BCUT2D eigenvalue weighted by atomic mass is 16.4. The molecule has 0 aliphatic rings. The first kappa shape index (κ1) is 14.9. The van der Waals surface area contributed by atoms with Gasteiger partial charge in [-0.3, -0.25) is 0 Å². The first-order chi connectivity index (χ1) is 10.1. The minimum absolute atomic E-state index is 0.124. The molecule has 4 heteroatoms. The van der Waals surface area contributed by atoms with Gasteiger partial charge in [0.25, 0.3) is 0 Å². The van der Waals surface area contributed by atoms with Gasteiger partial charge in [0.1, 0.15) is 0 Å². The van der Waals surface area contributed by atoms with E-state index >= 15 is 0 Å². The highest BCUT2D eigenvalue weighted by Crippen LogP contribution is 2.19. The second-order valence-corrected chi connectivity index (χ2v) is 5.32. The third-order valence-electron chi connectivity index (χ3n) is 3.38. The zero-order valence-corrected chi connectivity index (χ0v) is 12.4. The lowest BCUT2D eigenvalue weighted by molar-refractivity contribution is 0.318. The van der Waals surface area contributed by atoms with Crippen LogP contribution in [0.25, 0.3) is 0 Å². The van der Waals surface area contributed by atoms with Gasteiger partial charge >= 0.3 is 0 Å². The Labute approximate surface area is 125 Å². The molecule has 0 bridgehead atoms. The summed E-state index contributed by atoms with van der Waals surface area (Å²) in [5, 5.41) is 15.1. The summed E-state index contributed by atoms with van der Waals surface area (Å²) >= 11 is 0. The first-order valence-electron chi connectivity index (χ1n) is 7.01. The van der Waals surface area contributed by atoms with E-state index in [4.69, 9.17) is 10.9 Å². The summed E-state index contributed by atoms with van der Waals surface area (Å²) in [7, 11) is 0. The molecule has 0 radical (unpaired) electrons. The maximum Gasteiger partial charge on any atom is 0.170 e. The number of hydrogen-bond acceptors (Lipinski definition) is 3. The van der Waals surface area contributed by atoms with Gasteiger partial charge in [-0.05, 0) is 35.2 Å². The third kappa shape index (κ3) is 3.99. The third-order valence-corrected chi connectivity index (χ3v) is 3.38. The van der Waals surface area contributed by atoms with Gasteiger partial charge in [-0.2, -0.15) is 0 Å². The van der Waals surface area contributed by atoms with E-state index in [1.807, 2.05) is 24.3 Å². The molecular weight excluding hydrogens is 262 g/mol. The molecule has 0 aliphatic heterocycles. The van der Waals surface area contributed by atoms with Gasteiger partial charge in [-0.1, -0.05) is 49.3 Å². The number of oxime groups is 1. The minimum atomic E-state index is 0.124. The van der Waals surface area contributed by atoms with Crippen molar-refractivity contribution in [3.63, 3.8) is 0 Å². The van der Waals surface area contributed by atoms with E-state index in [1.165, 1.54) is 5.56 Å². The Morgan fingerprint density at radius 2 is 1.95 bits per heavy atom. The van der Waals surface area contributed by atoms with E-state index in [0.29, 0.717) is 18.0 Å². The molecule has 0 spiro atoms. The lowest BCUT2D eigenvalue weighted by Gasteiger charge is -2.11. The van der Waals surface area contributed by atoms with Crippen molar-refractivity contribution in [2.24, 2.45) is 10.9 Å². The van der Waals surface area contributed by atoms with Crippen LogP contribution in [0.15, 0.2) is 53.7 Å². The summed E-state index contributed by atoms with van der Waals surface area (Å²) in [4.78, 5) is 0. The molecule has 0 fully saturated rings. The largest absolute Gasteiger partial charge is 0.409 e. The number of anilines is 1. The van der Waals surface area contributed by atoms with Crippen molar-refractivity contribution in [3.05, 3.63) is 65.2 Å². The fourth-order valence-corrected chi connectivity index (χ4v) is 2.11. The maximum atomic E-state index is 8.72. The smallest absolute Gasteiger partial charge is 0.170 e. The molecular formula is C17H21N3O. The number of benzene rings is 2. The van der Waals surface area contributed by atoms with E-state index in [-0.39, 0.29) is 5.84 Å². The van der Waals surface area contributed by atoms with Crippen LogP contribution in [0.5, 0.6) is 0 Å². The molecule has 2 aromatic carbocycles. The summed E-state index contributed by atoms with van der Waals surface area (Å²) in [5.74, 6) is 0.634. The Morgan fingerprint density at radius 1 is 1.19 bits per heavy atom. The average Bonchev–Trinajstić information content (AvgIpc) is 2.52. The molecule has 0 heterocycles. The number of hydrogen-bond donors (Lipinski definition) is 3. The zero-order chi connectivity index (χ0) is 15.2. The van der Waals surface area contributed by atoms with Gasteiger partial charge in [0, 0.05) is 17.8 Å². The molecule has 2 aromatic rings. The fraction of sp³-hybridized carbons (Fsp3) is 0.235. The van der Waals surface area contributed by atoms with Crippen molar-refractivity contribution in [2.45, 2.75) is 26.3 Å². The summed E-state index contributed by atoms with van der Waals surface area (Å²) < 4.78 is 0. The predicted octanol–water partition coefficient (Wildman–Crippen LogP) is 3.52. The summed E-state index contributed by atoms with van der Waals surface area (Å²) in [5.41, 5.74) is 9.80. The molecule has 21 heavy (non-hydrogen) atoms. The Bertz CT molecular complexity index is 635. The topological polar surface area (TPSA) is 70.6 Å². The van der Waals surface area contributed by atoms with Gasteiger partial charge in [-0.25, -0.2) is 0 Å². The van der Waals surface area contributed by atoms with E-state index in [0.717, 1.165) is 11.3 Å². The van der Waals surface area contributed by atoms with Crippen LogP contribution < -0.4 is 11.1 Å². The second-order valence-electron chi connectivity index (χ2n) is 5.32. The monoisotopic (exact) mass is 283 g/mol. The highest BCUT2D eigenvalue weighted by molar-refractivity contribution is 5.97. The van der Waals surface area contributed by atoms with Gasteiger partial charge < -0.3 is 16.3 Å². The second kappa shape index (κ2) is 6.79. The molecule has 0 saturated heterocycles. The number of amidine groups is 1. The molecule has 0 amide bonds. The van der Waals surface area contributed by atoms with E-state index in [2.05, 4.69) is 48.6 Å². The molecule has 0 unspecified atom stereocenters. The molecule has 0 aromatic heterocycles. The fourth-order valence-electron chi connectivity index (χ4n) is 2.11. The van der Waals surface area contributed by atoms with E-state index < -0.39 is 0 Å². The van der Waals surface area contributed by atoms with Gasteiger partial charge in [-0.15, -0.1) is 0 Å². The van der Waals surface area contributed by atoms with Gasteiger partial charge in [0.2, 0.25) is 0 Å². The molecule has 2 rings (SSSR count). The number of nitrogens with two attached hydrogens (primary N) is 1. The Kier molecular flexibility index (Phi) is 4.82. The van der Waals surface area contributed by atoms with Crippen LogP contribution in [-0.2, 0) is 6.54 Å². The van der Waals surface area contributed by atoms with Crippen LogP contribution in [0.1, 0.15) is 36.5 Å². The van der Waals surface area contributed by atoms with Crippen LogP contribution >= 0.6 is 0 Å².